The van der Waals surface area contributed by atoms with Crippen LogP contribution in [0.4, 0.5) is 37.2 Å². The molecule has 0 radical (unpaired) electrons. The molecular weight excluding hydrogens is 1480 g/mol. The normalized spacial score (nSPS) is 21.5. The van der Waals surface area contributed by atoms with Crippen molar-refractivity contribution in [3.8, 4) is 0 Å². The molecule has 4 fully saturated rings. The average Bonchev–Trinajstić information content (AvgIpc) is 1.60. The second kappa shape index (κ2) is 28.0. The van der Waals surface area contributed by atoms with Crippen molar-refractivity contribution in [2.24, 2.45) is 0 Å². The molecule has 5 aliphatic heterocycles. The van der Waals surface area contributed by atoms with Crippen LogP contribution in [-0.4, -0.2) is 80.3 Å². The zero-order valence-electron chi connectivity index (χ0n) is 53.2. The summed E-state index contributed by atoms with van der Waals surface area (Å²) >= 11 is 48.8. The fourth-order valence-electron chi connectivity index (χ4n) is 13.0. The van der Waals surface area contributed by atoms with Crippen LogP contribution in [0.5, 0.6) is 0 Å². The molecular formula is C75H57Cl8F2N5O12. The van der Waals surface area contributed by atoms with Crippen molar-refractivity contribution >= 4 is 168 Å². The van der Waals surface area contributed by atoms with E-state index in [-0.39, 0.29) is 114 Å². The predicted octanol–water partition coefficient (Wildman–Crippen LogP) is 16.4. The highest BCUT2D eigenvalue weighted by Crippen LogP contribution is 2.52. The molecule has 3 aliphatic carbocycles. The van der Waals surface area contributed by atoms with Gasteiger partial charge in [0.1, 0.15) is 11.6 Å². The third-order valence-corrected chi connectivity index (χ3v) is 21.7. The van der Waals surface area contributed by atoms with E-state index in [0.717, 1.165) is 56.1 Å². The van der Waals surface area contributed by atoms with Crippen LogP contribution < -0.4 is 26.2 Å². The van der Waals surface area contributed by atoms with Crippen LogP contribution in [0.25, 0.3) is 0 Å². The van der Waals surface area contributed by atoms with E-state index in [1.165, 1.54) is 85.1 Å². The minimum absolute atomic E-state index is 0.0417. The van der Waals surface area contributed by atoms with Crippen LogP contribution in [-0.2, 0) is 41.6 Å². The summed E-state index contributed by atoms with van der Waals surface area (Å²) in [5, 5.41) is 55.1. The molecule has 0 aromatic heterocycles. The Morgan fingerprint density at radius 2 is 0.686 bits per heavy atom. The molecule has 0 bridgehead atoms. The van der Waals surface area contributed by atoms with Gasteiger partial charge in [0.2, 0.25) is 0 Å². The molecule has 8 aromatic carbocycles. The second-order valence-electron chi connectivity index (χ2n) is 26.2. The number of aliphatic hydroxyl groups is 4. The lowest BCUT2D eigenvalue weighted by Gasteiger charge is -2.21. The molecule has 5 heterocycles. The second-order valence-corrected chi connectivity index (χ2v) is 29.5. The SMILES string of the molecule is O=C(CC1(O)C(=O)Nc2c(Cl)ccc(Cl)c21)c1ccc(C2CC2)c(F)c1.O=C(CC1(O)C(=O)Nc2c(Cl)ccc(Cl)c21)c1ccc(C2CC2)cc1.O=C(CC1(O)C(=O)Nc2c(Cl)ccc(Cl)c21)c1ccc(C2CC2)cc1F.O=C(CC1(O)C(=O)Nc2c(Cl)ccc(Cl)c21)c1ccc(N2CC2)cc1. The van der Waals surface area contributed by atoms with Gasteiger partial charge in [-0.1, -0.05) is 135 Å². The maximum absolute atomic E-state index is 14.4. The highest BCUT2D eigenvalue weighted by Gasteiger charge is 2.53. The number of hydrogen-bond acceptors (Lipinski definition) is 13. The predicted molar refractivity (Wildman–Crippen MR) is 386 cm³/mol. The fraction of sp³-hybridized carbons (Fsp3) is 0.253. The van der Waals surface area contributed by atoms with Crippen LogP contribution in [0.15, 0.2) is 133 Å². The van der Waals surface area contributed by atoms with Crippen molar-refractivity contribution in [1.29, 1.82) is 0 Å². The highest BCUT2D eigenvalue weighted by atomic mass is 35.5. The van der Waals surface area contributed by atoms with E-state index in [1.54, 1.807) is 36.4 Å². The van der Waals surface area contributed by atoms with Gasteiger partial charge in [-0.3, -0.25) is 38.4 Å². The number of Topliss-reactive ketones (excluding diaryl/α,β-unsaturated/α-hetero) is 4. The van der Waals surface area contributed by atoms with Crippen LogP contribution in [0.1, 0.15) is 162 Å². The molecule has 1 saturated heterocycles. The summed E-state index contributed by atoms with van der Waals surface area (Å²) in [7, 11) is 0. The Hall–Kier alpha value is -7.86. The third-order valence-electron chi connectivity index (χ3n) is 19.2. The Balaban J connectivity index is 0.000000121. The Kier molecular flexibility index (Phi) is 19.9. The van der Waals surface area contributed by atoms with Gasteiger partial charge in [0.25, 0.3) is 23.6 Å². The highest BCUT2D eigenvalue weighted by molar-refractivity contribution is 6.41. The van der Waals surface area contributed by atoms with Gasteiger partial charge in [0.05, 0.1) is 74.1 Å². The Morgan fingerprint density at radius 3 is 1.03 bits per heavy atom. The number of amides is 4. The summed E-state index contributed by atoms with van der Waals surface area (Å²) < 4.78 is 28.6. The summed E-state index contributed by atoms with van der Waals surface area (Å²) in [6, 6.07) is 35.1. The monoisotopic (exact) mass is 1540 g/mol. The van der Waals surface area contributed by atoms with Gasteiger partial charge in [-0.25, -0.2) is 8.78 Å². The molecule has 27 heteroatoms. The van der Waals surface area contributed by atoms with E-state index in [9.17, 15) is 67.6 Å². The Labute approximate surface area is 621 Å². The number of anilines is 5. The quantitative estimate of drug-likeness (QED) is 0.0331. The molecule has 8 aromatic rings. The number of rotatable bonds is 16. The average molecular weight is 1540 g/mol. The van der Waals surface area contributed by atoms with E-state index in [1.807, 2.05) is 24.3 Å². The number of benzene rings is 8. The van der Waals surface area contributed by atoms with E-state index >= 15 is 0 Å². The van der Waals surface area contributed by atoms with E-state index in [2.05, 4.69) is 26.2 Å². The Morgan fingerprint density at radius 1 is 0.373 bits per heavy atom. The molecule has 17 nitrogen and oxygen atoms in total. The number of ketones is 4. The summed E-state index contributed by atoms with van der Waals surface area (Å²) in [6.07, 6.45) is 4.29. The summed E-state index contributed by atoms with van der Waals surface area (Å²) in [5.74, 6) is -4.85. The number of nitrogens with zero attached hydrogens (tertiary/aromatic N) is 1. The number of carbonyl (C=O) groups is 8. The van der Waals surface area contributed by atoms with Crippen molar-refractivity contribution in [2.45, 2.75) is 104 Å². The van der Waals surface area contributed by atoms with Gasteiger partial charge in [0, 0.05) is 77.8 Å². The summed E-state index contributed by atoms with van der Waals surface area (Å²) in [5.41, 5.74) is -2.57. The number of halogens is 10. The largest absolute Gasteiger partial charge is 0.375 e. The van der Waals surface area contributed by atoms with Crippen molar-refractivity contribution in [2.75, 3.05) is 39.3 Å². The molecule has 8 aliphatic rings. The summed E-state index contributed by atoms with van der Waals surface area (Å²) in [4.78, 5) is 102. The molecule has 8 N–H and O–H groups in total. The van der Waals surface area contributed by atoms with Gasteiger partial charge in [-0.2, -0.15) is 0 Å². The number of fused-ring (bicyclic) bond motifs is 4. The topological polar surface area (TPSA) is 269 Å². The minimum atomic E-state index is -2.20. The van der Waals surface area contributed by atoms with Crippen molar-refractivity contribution < 1.29 is 67.6 Å². The smallest absolute Gasteiger partial charge is 0.261 e. The summed E-state index contributed by atoms with van der Waals surface area (Å²) in [6.45, 7) is 2.03. The standard InChI is InChI=1S/2C19H14Cl2FNO3.C19H15Cl2NO3.C18H14Cl2N2O3/c20-12-5-6-13(21)17-16(12)19(26,18(25)23-17)8-15(24)10-3-4-11(9-1-2-9)14(22)7-10;20-12-5-6-13(21)17-16(12)19(26,18(25)23-17)8-15(24)11-4-3-10(7-14(11)22)9-1-2-9;20-13-7-8-14(21)17-16(13)19(25,18(24)22-17)9-15(23)12-5-3-11(4-6-12)10-1-2-10;19-12-5-6-13(20)16-15(12)18(25,17(24)21-16)9-14(23)10-1-3-11(4-2-10)22-7-8-22/h2*3-7,9,26H,1-2,8H2,(H,23,25);3-8,10,25H,1-2,9H2,(H,22,24);1-6,25H,7-9H2,(H,21,24). The first kappa shape index (κ1) is 72.5. The van der Waals surface area contributed by atoms with E-state index < -0.39 is 94.9 Å². The van der Waals surface area contributed by atoms with Gasteiger partial charge in [-0.15, -0.1) is 0 Å². The van der Waals surface area contributed by atoms with Gasteiger partial charge in [0.15, 0.2) is 45.5 Å². The first-order valence-electron chi connectivity index (χ1n) is 32.2. The van der Waals surface area contributed by atoms with Crippen LogP contribution in [0.2, 0.25) is 40.2 Å². The molecule has 524 valence electrons. The lowest BCUT2D eigenvalue weighted by atomic mass is 9.87. The first-order valence-corrected chi connectivity index (χ1v) is 35.2. The van der Waals surface area contributed by atoms with Gasteiger partial charge < -0.3 is 46.6 Å². The van der Waals surface area contributed by atoms with E-state index in [4.69, 9.17) is 92.8 Å². The van der Waals surface area contributed by atoms with Gasteiger partial charge >= 0.3 is 0 Å². The minimum Gasteiger partial charge on any atom is -0.375 e. The van der Waals surface area contributed by atoms with Crippen LogP contribution >= 0.6 is 92.8 Å². The third kappa shape index (κ3) is 14.0. The molecule has 16 rings (SSSR count). The van der Waals surface area contributed by atoms with Gasteiger partial charge in [-0.05, 0) is 164 Å². The number of carbonyl (C=O) groups excluding carboxylic acids is 8. The zero-order chi connectivity index (χ0) is 72.8. The fourth-order valence-corrected chi connectivity index (χ4v) is 15.1. The molecule has 4 atom stereocenters. The maximum Gasteiger partial charge on any atom is 0.261 e. The molecule has 4 unspecified atom stereocenters. The maximum atomic E-state index is 14.4. The molecule has 102 heavy (non-hydrogen) atoms. The number of nitrogens with one attached hydrogen (secondary N) is 4. The van der Waals surface area contributed by atoms with Crippen molar-refractivity contribution in [1.82, 2.24) is 0 Å². The van der Waals surface area contributed by atoms with Crippen molar-refractivity contribution in [3.05, 3.63) is 246 Å². The first-order chi connectivity index (χ1) is 48.4. The van der Waals surface area contributed by atoms with E-state index in [0.29, 0.717) is 28.5 Å². The van der Waals surface area contributed by atoms with Crippen LogP contribution in [0, 0.1) is 11.6 Å². The van der Waals surface area contributed by atoms with Crippen molar-refractivity contribution in [3.63, 3.8) is 0 Å². The lowest BCUT2D eigenvalue weighted by molar-refractivity contribution is -0.133. The number of hydrogen-bond donors (Lipinski definition) is 8. The Bertz CT molecular complexity index is 4770. The molecule has 0 spiro atoms. The molecule has 4 amide bonds. The zero-order valence-corrected chi connectivity index (χ0v) is 59.2. The van der Waals surface area contributed by atoms with Crippen LogP contribution in [0.3, 0.4) is 0 Å². The lowest BCUT2D eigenvalue weighted by Crippen LogP contribution is -2.36. The molecule has 3 saturated carbocycles.